The van der Waals surface area contributed by atoms with Gasteiger partial charge in [-0.25, -0.2) is 0 Å². The van der Waals surface area contributed by atoms with Crippen LogP contribution in [-0.2, 0) is 0 Å². The van der Waals surface area contributed by atoms with Crippen LogP contribution in [-0.4, -0.2) is 10.7 Å². The van der Waals surface area contributed by atoms with E-state index in [9.17, 15) is 5.11 Å². The van der Waals surface area contributed by atoms with Crippen molar-refractivity contribution in [1.29, 1.82) is 0 Å². The summed E-state index contributed by atoms with van der Waals surface area (Å²) in [5.41, 5.74) is 0.273. The van der Waals surface area contributed by atoms with E-state index in [0.29, 0.717) is 5.41 Å². The lowest BCUT2D eigenvalue weighted by molar-refractivity contribution is -0.182. The summed E-state index contributed by atoms with van der Waals surface area (Å²) >= 11 is 0. The maximum Gasteiger partial charge on any atom is 0.0658 e. The normalized spacial score (nSPS) is 50.2. The molecule has 4 saturated carbocycles. The van der Waals surface area contributed by atoms with Crippen LogP contribution in [0.2, 0.25) is 0 Å². The van der Waals surface area contributed by atoms with Gasteiger partial charge < -0.3 is 5.11 Å². The molecule has 1 heteroatoms. The molecule has 0 aliphatic heterocycles. The molecule has 0 amide bonds. The number of hydrogen-bond donors (Lipinski definition) is 1. The van der Waals surface area contributed by atoms with Crippen LogP contribution in [0.4, 0.5) is 0 Å². The second-order valence-electron chi connectivity index (χ2n) is 7.06. The highest BCUT2D eigenvalue weighted by molar-refractivity contribution is 5.09. The molecule has 4 aliphatic carbocycles. The summed E-state index contributed by atoms with van der Waals surface area (Å²) in [7, 11) is 0. The summed E-state index contributed by atoms with van der Waals surface area (Å²) < 4.78 is 0. The van der Waals surface area contributed by atoms with E-state index in [2.05, 4.69) is 13.8 Å². The summed E-state index contributed by atoms with van der Waals surface area (Å²) in [6, 6.07) is 0. The van der Waals surface area contributed by atoms with Crippen LogP contribution >= 0.6 is 0 Å². The van der Waals surface area contributed by atoms with Crippen molar-refractivity contribution in [3.05, 3.63) is 0 Å². The third-order valence-corrected chi connectivity index (χ3v) is 5.93. The molecule has 92 valence electrons. The van der Waals surface area contributed by atoms with Crippen molar-refractivity contribution in [2.24, 2.45) is 23.2 Å². The quantitative estimate of drug-likeness (QED) is 0.771. The van der Waals surface area contributed by atoms with Crippen molar-refractivity contribution in [2.75, 3.05) is 0 Å². The first-order chi connectivity index (χ1) is 7.59. The smallest absolute Gasteiger partial charge is 0.0658 e. The summed E-state index contributed by atoms with van der Waals surface area (Å²) in [5, 5.41) is 10.7. The highest BCUT2D eigenvalue weighted by Crippen LogP contribution is 2.64. The molecule has 4 fully saturated rings. The molecule has 0 saturated heterocycles. The maximum absolute atomic E-state index is 10.7. The zero-order chi connectivity index (χ0) is 11.4. The fraction of sp³-hybridized carbons (Fsp3) is 1.00. The van der Waals surface area contributed by atoms with Crippen LogP contribution in [0, 0.1) is 23.2 Å². The van der Waals surface area contributed by atoms with Gasteiger partial charge in [0.15, 0.2) is 0 Å². The van der Waals surface area contributed by atoms with E-state index in [1.807, 2.05) is 0 Å². The highest BCUT2D eigenvalue weighted by Gasteiger charge is 2.58. The van der Waals surface area contributed by atoms with Gasteiger partial charge in [0.05, 0.1) is 5.60 Å². The number of aliphatic hydroxyl groups is 1. The Balaban J connectivity index is 1.91. The van der Waals surface area contributed by atoms with Crippen molar-refractivity contribution >= 4 is 0 Å². The second-order valence-corrected chi connectivity index (χ2v) is 7.06. The first-order valence-corrected chi connectivity index (χ1v) is 7.31. The van der Waals surface area contributed by atoms with Gasteiger partial charge in [0.25, 0.3) is 0 Å². The molecule has 1 N–H and O–H groups in total. The first-order valence-electron chi connectivity index (χ1n) is 7.31. The summed E-state index contributed by atoms with van der Waals surface area (Å²) in [6.07, 6.45) is 10.3. The lowest BCUT2D eigenvalue weighted by Crippen LogP contribution is -2.57. The molecule has 0 aromatic rings. The Bertz CT molecular complexity index is 265. The Kier molecular flexibility index (Phi) is 2.41. The molecule has 4 atom stereocenters. The van der Waals surface area contributed by atoms with E-state index in [-0.39, 0.29) is 5.60 Å². The minimum absolute atomic E-state index is 0.257. The van der Waals surface area contributed by atoms with E-state index in [4.69, 9.17) is 0 Å². The van der Waals surface area contributed by atoms with Crippen LogP contribution in [0.15, 0.2) is 0 Å². The summed E-state index contributed by atoms with van der Waals surface area (Å²) in [5.74, 6) is 2.57. The predicted molar refractivity (Wildman–Crippen MR) is 66.1 cm³/mol. The topological polar surface area (TPSA) is 20.2 Å². The predicted octanol–water partition coefficient (Wildman–Crippen LogP) is 3.75. The van der Waals surface area contributed by atoms with Crippen molar-refractivity contribution in [3.8, 4) is 0 Å². The molecular formula is C15H26O. The van der Waals surface area contributed by atoms with Crippen LogP contribution < -0.4 is 0 Å². The van der Waals surface area contributed by atoms with Crippen molar-refractivity contribution in [3.63, 3.8) is 0 Å². The molecule has 2 unspecified atom stereocenters. The summed E-state index contributed by atoms with van der Waals surface area (Å²) in [4.78, 5) is 0. The summed E-state index contributed by atoms with van der Waals surface area (Å²) in [6.45, 7) is 4.69. The SMILES string of the molecule is CCC(CC)C12C[C@@H]3C[C@@H](CC(O)(C3)C1)C2. The molecule has 4 rings (SSSR count). The Hall–Kier alpha value is -0.0400. The second kappa shape index (κ2) is 3.48. The van der Waals surface area contributed by atoms with E-state index in [1.165, 1.54) is 32.1 Å². The molecule has 0 aromatic heterocycles. The monoisotopic (exact) mass is 222 g/mol. The van der Waals surface area contributed by atoms with Crippen LogP contribution in [0.1, 0.15) is 65.2 Å². The molecule has 0 heterocycles. The van der Waals surface area contributed by atoms with Crippen LogP contribution in [0.5, 0.6) is 0 Å². The van der Waals surface area contributed by atoms with E-state index >= 15 is 0 Å². The third-order valence-electron chi connectivity index (χ3n) is 5.93. The molecule has 0 aromatic carbocycles. The fourth-order valence-corrected chi connectivity index (χ4v) is 5.92. The minimum atomic E-state index is -0.257. The third kappa shape index (κ3) is 1.47. The Morgan fingerprint density at radius 3 is 2.06 bits per heavy atom. The molecule has 0 radical (unpaired) electrons. The van der Waals surface area contributed by atoms with E-state index in [0.717, 1.165) is 37.0 Å². The zero-order valence-corrected chi connectivity index (χ0v) is 10.8. The first kappa shape index (κ1) is 11.1. The zero-order valence-electron chi connectivity index (χ0n) is 10.8. The molecule has 1 nitrogen and oxygen atoms in total. The minimum Gasteiger partial charge on any atom is -0.390 e. The largest absolute Gasteiger partial charge is 0.390 e. The van der Waals surface area contributed by atoms with Gasteiger partial charge >= 0.3 is 0 Å². The maximum atomic E-state index is 10.7. The van der Waals surface area contributed by atoms with Gasteiger partial charge in [0.2, 0.25) is 0 Å². The Morgan fingerprint density at radius 1 is 1.06 bits per heavy atom. The van der Waals surface area contributed by atoms with Gasteiger partial charge in [-0.3, -0.25) is 0 Å². The Labute approximate surface area is 99.6 Å². The van der Waals surface area contributed by atoms with Crippen molar-refractivity contribution < 1.29 is 5.11 Å². The Morgan fingerprint density at radius 2 is 1.62 bits per heavy atom. The molecule has 4 bridgehead atoms. The van der Waals surface area contributed by atoms with Gasteiger partial charge in [-0.2, -0.15) is 0 Å². The average Bonchev–Trinajstić information content (AvgIpc) is 2.14. The average molecular weight is 222 g/mol. The van der Waals surface area contributed by atoms with Gasteiger partial charge in [0.1, 0.15) is 0 Å². The molecule has 16 heavy (non-hydrogen) atoms. The molecule has 0 spiro atoms. The van der Waals surface area contributed by atoms with Gasteiger partial charge in [-0.1, -0.05) is 26.7 Å². The van der Waals surface area contributed by atoms with Crippen LogP contribution in [0.3, 0.4) is 0 Å². The fourth-order valence-electron chi connectivity index (χ4n) is 5.92. The highest BCUT2D eigenvalue weighted by atomic mass is 16.3. The van der Waals surface area contributed by atoms with E-state index < -0.39 is 0 Å². The van der Waals surface area contributed by atoms with E-state index in [1.54, 1.807) is 0 Å². The van der Waals surface area contributed by atoms with Crippen LogP contribution in [0.25, 0.3) is 0 Å². The lowest BCUT2D eigenvalue weighted by atomic mass is 9.44. The number of hydrogen-bond acceptors (Lipinski definition) is 1. The standard InChI is InChI=1S/C15H26O/c1-3-13(4-2)14-6-11-5-12(7-14)9-15(16,8-11)10-14/h11-13,16H,3-10H2,1-2H3/t11-,12+,14?,15?. The molecular weight excluding hydrogens is 196 g/mol. The number of rotatable bonds is 3. The van der Waals surface area contributed by atoms with Crippen molar-refractivity contribution in [2.45, 2.75) is 70.8 Å². The molecule has 4 aliphatic rings. The lowest BCUT2D eigenvalue weighted by Gasteiger charge is -2.62. The van der Waals surface area contributed by atoms with Gasteiger partial charge in [-0.15, -0.1) is 0 Å². The van der Waals surface area contributed by atoms with Gasteiger partial charge in [-0.05, 0) is 61.7 Å². The van der Waals surface area contributed by atoms with Crippen molar-refractivity contribution in [1.82, 2.24) is 0 Å². The van der Waals surface area contributed by atoms with Gasteiger partial charge in [0, 0.05) is 0 Å².